The van der Waals surface area contributed by atoms with Gasteiger partial charge in [0, 0.05) is 55.8 Å². The summed E-state index contributed by atoms with van der Waals surface area (Å²) in [6.07, 6.45) is 5.27. The van der Waals surface area contributed by atoms with Gasteiger partial charge in [0.2, 0.25) is 5.91 Å². The lowest BCUT2D eigenvalue weighted by Crippen LogP contribution is -2.50. The van der Waals surface area contributed by atoms with Gasteiger partial charge in [-0.05, 0) is 24.1 Å². The van der Waals surface area contributed by atoms with Gasteiger partial charge in [-0.15, -0.1) is 0 Å². The summed E-state index contributed by atoms with van der Waals surface area (Å²) in [4.78, 5) is 37.6. The molecule has 2 aromatic rings. The van der Waals surface area contributed by atoms with E-state index < -0.39 is 0 Å². The van der Waals surface area contributed by atoms with Crippen molar-refractivity contribution < 1.29 is 14.0 Å². The van der Waals surface area contributed by atoms with E-state index in [1.165, 1.54) is 24.5 Å². The van der Waals surface area contributed by atoms with Gasteiger partial charge in [0.25, 0.3) is 5.91 Å². The molecule has 1 aromatic heterocycles. The minimum Gasteiger partial charge on any atom is -0.338 e. The van der Waals surface area contributed by atoms with Crippen molar-refractivity contribution >= 4 is 11.8 Å². The molecule has 2 amide bonds. The molecule has 152 valence electrons. The summed E-state index contributed by atoms with van der Waals surface area (Å²) in [7, 11) is 0. The zero-order chi connectivity index (χ0) is 20.5. The van der Waals surface area contributed by atoms with Crippen molar-refractivity contribution in [1.29, 1.82) is 0 Å². The number of likely N-dealkylation sites (tertiary alicyclic amines) is 2. The molecule has 3 heterocycles. The predicted molar refractivity (Wildman–Crippen MR) is 106 cm³/mol. The van der Waals surface area contributed by atoms with Crippen LogP contribution in [0.25, 0.3) is 0 Å². The van der Waals surface area contributed by atoms with E-state index in [9.17, 15) is 14.0 Å². The minimum atomic E-state index is -0.276. The molecule has 0 unspecified atom stereocenters. The van der Waals surface area contributed by atoms with Crippen LogP contribution in [0.3, 0.4) is 0 Å². The van der Waals surface area contributed by atoms with Crippen LogP contribution in [0.15, 0.2) is 42.9 Å². The summed E-state index contributed by atoms with van der Waals surface area (Å²) in [6.45, 7) is 5.55. The Labute approximate surface area is 169 Å². The van der Waals surface area contributed by atoms with E-state index in [1.54, 1.807) is 18.3 Å². The van der Waals surface area contributed by atoms with Crippen LogP contribution in [0, 0.1) is 17.7 Å². The third kappa shape index (κ3) is 3.73. The van der Waals surface area contributed by atoms with E-state index in [1.807, 2.05) is 23.6 Å². The van der Waals surface area contributed by atoms with Crippen LogP contribution in [0.5, 0.6) is 0 Å². The fourth-order valence-electron chi connectivity index (χ4n) is 4.64. The van der Waals surface area contributed by atoms with Crippen LogP contribution in [-0.4, -0.2) is 57.3 Å². The highest BCUT2D eigenvalue weighted by Gasteiger charge is 2.48. The molecule has 29 heavy (non-hydrogen) atoms. The Morgan fingerprint density at radius 2 is 1.90 bits per heavy atom. The topological polar surface area (TPSA) is 66.4 Å². The van der Waals surface area contributed by atoms with Gasteiger partial charge in [-0.1, -0.05) is 26.0 Å². The van der Waals surface area contributed by atoms with E-state index in [4.69, 9.17) is 0 Å². The van der Waals surface area contributed by atoms with Gasteiger partial charge in [-0.3, -0.25) is 14.6 Å². The Hall–Kier alpha value is -2.83. The maximum Gasteiger partial charge on any atom is 0.274 e. The van der Waals surface area contributed by atoms with Crippen LogP contribution < -0.4 is 0 Å². The Bertz CT molecular complexity index is 887. The molecule has 0 saturated carbocycles. The zero-order valence-corrected chi connectivity index (χ0v) is 16.7. The molecule has 2 saturated heterocycles. The first-order valence-electron chi connectivity index (χ1n) is 10.1. The van der Waals surface area contributed by atoms with Gasteiger partial charge in [-0.2, -0.15) is 0 Å². The number of hydrogen-bond donors (Lipinski definition) is 0. The van der Waals surface area contributed by atoms with Gasteiger partial charge in [0.05, 0.1) is 6.20 Å². The second-order valence-corrected chi connectivity index (χ2v) is 8.17. The molecule has 4 rings (SSSR count). The molecule has 6 nitrogen and oxygen atoms in total. The maximum atomic E-state index is 13.4. The normalized spacial score (nSPS) is 23.9. The van der Waals surface area contributed by atoms with Crippen molar-refractivity contribution in [2.24, 2.45) is 11.8 Å². The second-order valence-electron chi connectivity index (χ2n) is 8.17. The average molecular weight is 396 g/mol. The Balaban J connectivity index is 1.61. The highest BCUT2D eigenvalue weighted by atomic mass is 19.1. The number of piperidine rings is 1. The van der Waals surface area contributed by atoms with Crippen LogP contribution in [-0.2, 0) is 4.79 Å². The quantitative estimate of drug-likeness (QED) is 0.800. The lowest BCUT2D eigenvalue weighted by Gasteiger charge is -2.39. The molecule has 0 radical (unpaired) electrons. The molecule has 0 bridgehead atoms. The lowest BCUT2D eigenvalue weighted by molar-refractivity contribution is -0.136. The molecule has 2 aliphatic heterocycles. The average Bonchev–Trinajstić information content (AvgIpc) is 3.12. The largest absolute Gasteiger partial charge is 0.338 e. The third-order valence-electron chi connectivity index (χ3n) is 6.08. The van der Waals surface area contributed by atoms with Gasteiger partial charge in [-0.25, -0.2) is 9.37 Å². The molecule has 0 aliphatic carbocycles. The molecular weight excluding hydrogens is 371 g/mol. The van der Waals surface area contributed by atoms with Gasteiger partial charge < -0.3 is 9.80 Å². The van der Waals surface area contributed by atoms with Crippen molar-refractivity contribution in [3.05, 3.63) is 59.9 Å². The number of aromatic nitrogens is 2. The predicted octanol–water partition coefficient (Wildman–Crippen LogP) is 2.73. The Kier molecular flexibility index (Phi) is 5.30. The van der Waals surface area contributed by atoms with Crippen LogP contribution >= 0.6 is 0 Å². The molecule has 1 aromatic carbocycles. The van der Waals surface area contributed by atoms with Gasteiger partial charge in [0.15, 0.2) is 0 Å². The number of benzene rings is 1. The number of amides is 2. The number of hydrogen-bond acceptors (Lipinski definition) is 4. The van der Waals surface area contributed by atoms with E-state index in [-0.39, 0.29) is 41.4 Å². The lowest BCUT2D eigenvalue weighted by atomic mass is 9.81. The highest BCUT2D eigenvalue weighted by molar-refractivity contribution is 5.92. The summed E-state index contributed by atoms with van der Waals surface area (Å²) < 4.78 is 13.4. The Morgan fingerprint density at radius 3 is 2.55 bits per heavy atom. The van der Waals surface area contributed by atoms with Crippen molar-refractivity contribution in [3.63, 3.8) is 0 Å². The molecule has 0 N–H and O–H groups in total. The highest BCUT2D eigenvalue weighted by Crippen LogP contribution is 2.42. The number of halogens is 1. The van der Waals surface area contributed by atoms with Crippen LogP contribution in [0.1, 0.15) is 42.2 Å². The van der Waals surface area contributed by atoms with E-state index in [0.29, 0.717) is 25.3 Å². The number of carbonyl (C=O) groups excluding carboxylic acids is 2. The first-order valence-corrected chi connectivity index (χ1v) is 10.1. The third-order valence-corrected chi connectivity index (χ3v) is 6.08. The summed E-state index contributed by atoms with van der Waals surface area (Å²) >= 11 is 0. The smallest absolute Gasteiger partial charge is 0.274 e. The number of rotatable bonds is 3. The SMILES string of the molecule is CC(C)C(=O)N1C[C@H](c2ccc(F)cc2)[C@H]2CN(C(=O)c3cnccn3)CC[C@H]21. The summed E-state index contributed by atoms with van der Waals surface area (Å²) in [5, 5.41) is 0. The molecule has 2 aliphatic rings. The maximum absolute atomic E-state index is 13.4. The zero-order valence-electron chi connectivity index (χ0n) is 16.7. The van der Waals surface area contributed by atoms with Crippen molar-refractivity contribution in [2.45, 2.75) is 32.2 Å². The van der Waals surface area contributed by atoms with E-state index in [2.05, 4.69) is 9.97 Å². The number of carbonyl (C=O) groups is 2. The summed E-state index contributed by atoms with van der Waals surface area (Å²) in [5.41, 5.74) is 1.34. The van der Waals surface area contributed by atoms with Crippen molar-refractivity contribution in [1.82, 2.24) is 19.8 Å². The van der Waals surface area contributed by atoms with Crippen molar-refractivity contribution in [2.75, 3.05) is 19.6 Å². The summed E-state index contributed by atoms with van der Waals surface area (Å²) in [5.74, 6) is -0.178. The second kappa shape index (κ2) is 7.89. The molecule has 0 spiro atoms. The van der Waals surface area contributed by atoms with E-state index in [0.717, 1.165) is 12.0 Å². The number of fused-ring (bicyclic) bond motifs is 1. The fraction of sp³-hybridized carbons (Fsp3) is 0.455. The molecule has 7 heteroatoms. The molecule has 3 atom stereocenters. The number of nitrogens with zero attached hydrogens (tertiary/aromatic N) is 4. The molecular formula is C22H25FN4O2. The first-order chi connectivity index (χ1) is 14.0. The van der Waals surface area contributed by atoms with Crippen molar-refractivity contribution in [3.8, 4) is 0 Å². The van der Waals surface area contributed by atoms with Gasteiger partial charge in [0.1, 0.15) is 11.5 Å². The monoisotopic (exact) mass is 396 g/mol. The minimum absolute atomic E-state index is 0.0701. The Morgan fingerprint density at radius 1 is 1.14 bits per heavy atom. The van der Waals surface area contributed by atoms with Crippen LogP contribution in [0.4, 0.5) is 4.39 Å². The van der Waals surface area contributed by atoms with Crippen LogP contribution in [0.2, 0.25) is 0 Å². The summed E-state index contributed by atoms with van der Waals surface area (Å²) in [6, 6.07) is 6.60. The van der Waals surface area contributed by atoms with Gasteiger partial charge >= 0.3 is 0 Å². The van der Waals surface area contributed by atoms with E-state index >= 15 is 0 Å². The molecule has 2 fully saturated rings. The first kappa shape index (κ1) is 19.5. The standard InChI is InChI=1S/C22H25FN4O2/c1-14(2)21(28)27-13-17(15-3-5-16(23)6-4-15)18-12-26(10-7-20(18)27)22(29)19-11-24-8-9-25-19/h3-6,8-9,11,14,17-18,20H,7,10,12-13H2,1-2H3/t17-,18-,20-/m1/s1. The fourth-order valence-corrected chi connectivity index (χ4v) is 4.64.